The zero-order chi connectivity index (χ0) is 14.3. The summed E-state index contributed by atoms with van der Waals surface area (Å²) in [6.45, 7) is -0.495. The van der Waals surface area contributed by atoms with E-state index in [1.54, 1.807) is 22.6 Å². The molecule has 0 bridgehead atoms. The number of halogens is 2. The zero-order valence-electron chi connectivity index (χ0n) is 9.29. The third kappa shape index (κ3) is 2.52. The van der Waals surface area contributed by atoms with Gasteiger partial charge in [0, 0.05) is 0 Å². The molecule has 8 nitrogen and oxygen atoms in total. The van der Waals surface area contributed by atoms with E-state index < -0.39 is 42.4 Å². The van der Waals surface area contributed by atoms with Gasteiger partial charge in [-0.25, -0.2) is 4.79 Å². The largest absolute Gasteiger partial charge is 0.394 e. The number of aliphatic hydroxyl groups is 3. The van der Waals surface area contributed by atoms with Gasteiger partial charge in [-0.2, -0.15) is 0 Å². The molecule has 1 aromatic heterocycles. The number of hydrogen-bond acceptors (Lipinski definition) is 6. The number of aliphatic hydroxyl groups excluding tert-OH is 3. The molecule has 0 aliphatic carbocycles. The molecule has 2 heterocycles. The molecule has 1 fully saturated rings. The molecule has 2 rings (SSSR count). The van der Waals surface area contributed by atoms with Crippen molar-refractivity contribution in [2.24, 2.45) is 0 Å². The second-order valence-corrected chi connectivity index (χ2v) is 5.78. The molecule has 4 N–H and O–H groups in total. The van der Waals surface area contributed by atoms with Crippen LogP contribution in [0.4, 0.5) is 0 Å². The highest BCUT2D eigenvalue weighted by Gasteiger charge is 2.44. The standard InChI is InChI=1S/C9H10BrIN2O6/c10-3-6(11)13(9(18)12-7(3)17)8-5(16)4(15)2(1-14)19-8/h2,4-5,8,14-16H,1H2,(H,12,17,18)/t2-,4-,5-,8-/m1/s1. The van der Waals surface area contributed by atoms with Crippen molar-refractivity contribution in [3.63, 3.8) is 0 Å². The summed E-state index contributed by atoms with van der Waals surface area (Å²) in [5.74, 6) is 0. The highest BCUT2D eigenvalue weighted by Crippen LogP contribution is 2.30. The predicted molar refractivity (Wildman–Crippen MR) is 74.7 cm³/mol. The van der Waals surface area contributed by atoms with E-state index in [0.717, 1.165) is 4.57 Å². The number of nitrogens with zero attached hydrogens (tertiary/aromatic N) is 1. The van der Waals surface area contributed by atoms with Crippen LogP contribution in [0.1, 0.15) is 6.23 Å². The Labute approximate surface area is 128 Å². The summed E-state index contributed by atoms with van der Waals surface area (Å²) in [5.41, 5.74) is -1.37. The minimum absolute atomic E-state index is 0.116. The van der Waals surface area contributed by atoms with Gasteiger partial charge in [0.25, 0.3) is 5.56 Å². The molecular formula is C9H10BrIN2O6. The third-order valence-electron chi connectivity index (χ3n) is 2.80. The summed E-state index contributed by atoms with van der Waals surface area (Å²) in [7, 11) is 0. The molecule has 1 aromatic rings. The van der Waals surface area contributed by atoms with Gasteiger partial charge in [-0.15, -0.1) is 0 Å². The van der Waals surface area contributed by atoms with Crippen LogP contribution in [-0.4, -0.2) is 49.8 Å². The molecule has 1 aliphatic rings. The van der Waals surface area contributed by atoms with E-state index in [2.05, 4.69) is 20.9 Å². The van der Waals surface area contributed by atoms with Crippen molar-refractivity contribution in [3.8, 4) is 0 Å². The number of H-pyrrole nitrogens is 1. The van der Waals surface area contributed by atoms with Crippen molar-refractivity contribution in [1.82, 2.24) is 9.55 Å². The number of aromatic nitrogens is 2. The van der Waals surface area contributed by atoms with Crippen molar-refractivity contribution >= 4 is 38.5 Å². The second kappa shape index (κ2) is 5.61. The van der Waals surface area contributed by atoms with Crippen LogP contribution < -0.4 is 11.2 Å². The van der Waals surface area contributed by atoms with Crippen LogP contribution in [-0.2, 0) is 4.74 Å². The molecule has 0 amide bonds. The number of aromatic amines is 1. The first-order valence-electron chi connectivity index (χ1n) is 5.20. The van der Waals surface area contributed by atoms with Crippen molar-refractivity contribution in [2.45, 2.75) is 24.5 Å². The molecule has 0 aromatic carbocycles. The number of rotatable bonds is 2. The quantitative estimate of drug-likeness (QED) is 0.323. The predicted octanol–water partition coefficient (Wildman–Crippen LogP) is -1.48. The average molecular weight is 449 g/mol. The summed E-state index contributed by atoms with van der Waals surface area (Å²) in [6, 6.07) is 0. The summed E-state index contributed by atoms with van der Waals surface area (Å²) in [6.07, 6.45) is -4.88. The molecule has 0 saturated carbocycles. The summed E-state index contributed by atoms with van der Waals surface area (Å²) in [4.78, 5) is 25.2. The van der Waals surface area contributed by atoms with Crippen LogP contribution in [0.15, 0.2) is 14.1 Å². The van der Waals surface area contributed by atoms with E-state index >= 15 is 0 Å². The second-order valence-electron chi connectivity index (χ2n) is 3.96. The lowest BCUT2D eigenvalue weighted by Crippen LogP contribution is -2.40. The van der Waals surface area contributed by atoms with Gasteiger partial charge in [-0.05, 0) is 38.5 Å². The Morgan fingerprint density at radius 2 is 2.00 bits per heavy atom. The Hall–Kier alpha value is -0.270. The first-order valence-corrected chi connectivity index (χ1v) is 7.08. The molecule has 106 valence electrons. The van der Waals surface area contributed by atoms with E-state index in [-0.39, 0.29) is 8.17 Å². The Morgan fingerprint density at radius 3 is 2.53 bits per heavy atom. The van der Waals surface area contributed by atoms with Gasteiger partial charge in [0.05, 0.1) is 6.61 Å². The number of ether oxygens (including phenoxy) is 1. The molecule has 19 heavy (non-hydrogen) atoms. The van der Waals surface area contributed by atoms with Crippen LogP contribution in [0.2, 0.25) is 0 Å². The summed E-state index contributed by atoms with van der Waals surface area (Å²) >= 11 is 4.76. The average Bonchev–Trinajstić information content (AvgIpc) is 2.64. The van der Waals surface area contributed by atoms with Crippen molar-refractivity contribution < 1.29 is 20.1 Å². The van der Waals surface area contributed by atoms with Gasteiger partial charge in [0.1, 0.15) is 26.5 Å². The van der Waals surface area contributed by atoms with Gasteiger partial charge < -0.3 is 20.1 Å². The number of nitrogens with one attached hydrogen (secondary N) is 1. The lowest BCUT2D eigenvalue weighted by Gasteiger charge is -2.19. The molecule has 10 heteroatoms. The fraction of sp³-hybridized carbons (Fsp3) is 0.556. The normalized spacial score (nSPS) is 30.8. The van der Waals surface area contributed by atoms with Crippen molar-refractivity contribution in [2.75, 3.05) is 6.61 Å². The van der Waals surface area contributed by atoms with Gasteiger partial charge in [-0.1, -0.05) is 0 Å². The Kier molecular flexibility index (Phi) is 4.47. The van der Waals surface area contributed by atoms with Gasteiger partial charge in [-0.3, -0.25) is 14.3 Å². The van der Waals surface area contributed by atoms with E-state index in [4.69, 9.17) is 9.84 Å². The fourth-order valence-corrected chi connectivity index (χ4v) is 2.85. The van der Waals surface area contributed by atoms with Crippen molar-refractivity contribution in [3.05, 3.63) is 29.0 Å². The Bertz CT molecular complexity index is 601. The monoisotopic (exact) mass is 448 g/mol. The smallest absolute Gasteiger partial charge is 0.331 e. The number of hydrogen-bond donors (Lipinski definition) is 4. The third-order valence-corrected chi connectivity index (χ3v) is 5.34. The molecule has 4 atom stereocenters. The molecule has 0 spiro atoms. The maximum absolute atomic E-state index is 11.8. The molecule has 0 unspecified atom stereocenters. The lowest BCUT2D eigenvalue weighted by molar-refractivity contribution is -0.0564. The topological polar surface area (TPSA) is 125 Å². The van der Waals surface area contributed by atoms with E-state index in [1.165, 1.54) is 0 Å². The van der Waals surface area contributed by atoms with Crippen LogP contribution in [0, 0.1) is 3.70 Å². The Balaban J connectivity index is 2.52. The van der Waals surface area contributed by atoms with Gasteiger partial charge >= 0.3 is 5.69 Å². The molecule has 0 radical (unpaired) electrons. The highest BCUT2D eigenvalue weighted by molar-refractivity contribution is 14.1. The van der Waals surface area contributed by atoms with E-state index in [1.807, 2.05) is 0 Å². The van der Waals surface area contributed by atoms with Crippen LogP contribution in [0.5, 0.6) is 0 Å². The lowest BCUT2D eigenvalue weighted by atomic mass is 10.1. The van der Waals surface area contributed by atoms with Crippen LogP contribution in [0.3, 0.4) is 0 Å². The maximum atomic E-state index is 11.8. The Morgan fingerprint density at radius 1 is 1.37 bits per heavy atom. The van der Waals surface area contributed by atoms with Gasteiger partial charge in [0.15, 0.2) is 6.23 Å². The van der Waals surface area contributed by atoms with E-state index in [9.17, 15) is 19.8 Å². The molecular weight excluding hydrogens is 439 g/mol. The first kappa shape index (κ1) is 15.1. The van der Waals surface area contributed by atoms with E-state index in [0.29, 0.717) is 0 Å². The first-order chi connectivity index (χ1) is 8.88. The van der Waals surface area contributed by atoms with Gasteiger partial charge in [0.2, 0.25) is 0 Å². The van der Waals surface area contributed by atoms with Crippen molar-refractivity contribution in [1.29, 1.82) is 0 Å². The minimum atomic E-state index is -1.39. The maximum Gasteiger partial charge on any atom is 0.331 e. The zero-order valence-corrected chi connectivity index (χ0v) is 13.0. The van der Waals surface area contributed by atoms with Crippen LogP contribution >= 0.6 is 38.5 Å². The fourth-order valence-electron chi connectivity index (χ4n) is 1.82. The van der Waals surface area contributed by atoms with Crippen LogP contribution in [0.25, 0.3) is 0 Å². The summed E-state index contributed by atoms with van der Waals surface area (Å²) in [5, 5.41) is 28.5. The highest BCUT2D eigenvalue weighted by atomic mass is 127. The molecule has 1 aliphatic heterocycles. The SMILES string of the molecule is O=c1[nH]c(=O)n([C@@H]2O[C@H](CO)[C@@H](O)[C@H]2O)c(I)c1Br. The molecule has 1 saturated heterocycles. The minimum Gasteiger partial charge on any atom is -0.394 e. The summed E-state index contributed by atoms with van der Waals surface area (Å²) < 4.78 is 6.59.